The lowest BCUT2D eigenvalue weighted by molar-refractivity contribution is 0.422. The summed E-state index contributed by atoms with van der Waals surface area (Å²) in [5.74, 6) is 1.17. The lowest BCUT2D eigenvalue weighted by Crippen LogP contribution is -2.01. The summed E-state index contributed by atoms with van der Waals surface area (Å²) in [5, 5.41) is 6.39. The zero-order valence-electron chi connectivity index (χ0n) is 7.94. The minimum atomic E-state index is 0.488. The summed E-state index contributed by atoms with van der Waals surface area (Å²) in [6.07, 6.45) is 1.60. The van der Waals surface area contributed by atoms with Gasteiger partial charge in [-0.15, -0.1) is 11.3 Å². The maximum Gasteiger partial charge on any atom is 0.269 e. The first-order chi connectivity index (χ1) is 7.31. The molecule has 0 unspecified atom stereocenters. The van der Waals surface area contributed by atoms with Gasteiger partial charge in [-0.25, -0.2) is 0 Å². The topological polar surface area (TPSA) is 64.9 Å². The Morgan fingerprint density at radius 2 is 2.40 bits per heavy atom. The molecule has 15 heavy (non-hydrogen) atoms. The molecule has 0 aliphatic rings. The molecule has 0 saturated heterocycles. The summed E-state index contributed by atoms with van der Waals surface area (Å²) in [5.41, 5.74) is 5.40. The Morgan fingerprint density at radius 3 is 3.07 bits per heavy atom. The van der Waals surface area contributed by atoms with Gasteiger partial charge in [0.15, 0.2) is 5.82 Å². The standard InChI is InChI=1S/C9H10ClN3OS/c10-6-3-5-15-8(6)9-12-7(13-14-9)2-1-4-11/h3,5H,1-2,4,11H2. The highest BCUT2D eigenvalue weighted by atomic mass is 35.5. The van der Waals surface area contributed by atoms with Crippen LogP contribution in [-0.2, 0) is 6.42 Å². The quantitative estimate of drug-likeness (QED) is 0.895. The second-order valence-electron chi connectivity index (χ2n) is 3.01. The number of hydrogen-bond donors (Lipinski definition) is 1. The van der Waals surface area contributed by atoms with Crippen LogP contribution in [0.2, 0.25) is 5.02 Å². The van der Waals surface area contributed by atoms with Gasteiger partial charge in [-0.05, 0) is 24.4 Å². The maximum absolute atomic E-state index is 5.95. The highest BCUT2D eigenvalue weighted by Gasteiger charge is 2.12. The van der Waals surface area contributed by atoms with Crippen LogP contribution in [0.5, 0.6) is 0 Å². The van der Waals surface area contributed by atoms with E-state index < -0.39 is 0 Å². The van der Waals surface area contributed by atoms with Crippen LogP contribution in [0.3, 0.4) is 0 Å². The molecule has 0 amide bonds. The third kappa shape index (κ3) is 2.37. The third-order valence-corrected chi connectivity index (χ3v) is 3.21. The Labute approximate surface area is 96.1 Å². The van der Waals surface area contributed by atoms with Crippen molar-refractivity contribution in [2.24, 2.45) is 5.73 Å². The van der Waals surface area contributed by atoms with Gasteiger partial charge in [0.2, 0.25) is 0 Å². The maximum atomic E-state index is 5.95. The van der Waals surface area contributed by atoms with Crippen LogP contribution in [0.4, 0.5) is 0 Å². The largest absolute Gasteiger partial charge is 0.333 e. The van der Waals surface area contributed by atoms with E-state index in [0.717, 1.165) is 17.7 Å². The molecule has 2 aromatic heterocycles. The van der Waals surface area contributed by atoms with Gasteiger partial charge in [-0.1, -0.05) is 16.8 Å². The molecule has 0 aromatic carbocycles. The second kappa shape index (κ2) is 4.74. The Morgan fingerprint density at radius 1 is 1.53 bits per heavy atom. The Hall–Kier alpha value is -0.910. The molecule has 0 radical (unpaired) electrons. The fourth-order valence-electron chi connectivity index (χ4n) is 1.15. The molecular weight excluding hydrogens is 234 g/mol. The number of halogens is 1. The number of nitrogens with two attached hydrogens (primary N) is 1. The van der Waals surface area contributed by atoms with E-state index in [4.69, 9.17) is 21.9 Å². The molecule has 0 atom stereocenters. The van der Waals surface area contributed by atoms with Crippen LogP contribution < -0.4 is 5.73 Å². The van der Waals surface area contributed by atoms with Crippen molar-refractivity contribution < 1.29 is 4.52 Å². The molecule has 2 aromatic rings. The molecule has 0 spiro atoms. The molecule has 6 heteroatoms. The van der Waals surface area contributed by atoms with Crippen molar-refractivity contribution >= 4 is 22.9 Å². The van der Waals surface area contributed by atoms with E-state index in [1.807, 2.05) is 11.4 Å². The van der Waals surface area contributed by atoms with Crippen molar-refractivity contribution in [3.8, 4) is 10.8 Å². The van der Waals surface area contributed by atoms with Gasteiger partial charge in [0, 0.05) is 6.42 Å². The first kappa shape index (κ1) is 10.6. The summed E-state index contributed by atoms with van der Waals surface area (Å²) >= 11 is 7.44. The summed E-state index contributed by atoms with van der Waals surface area (Å²) in [6, 6.07) is 1.81. The lowest BCUT2D eigenvalue weighted by atomic mass is 10.3. The van der Waals surface area contributed by atoms with Gasteiger partial charge in [0.1, 0.15) is 4.88 Å². The monoisotopic (exact) mass is 243 g/mol. The average Bonchev–Trinajstić information content (AvgIpc) is 2.83. The summed E-state index contributed by atoms with van der Waals surface area (Å²) in [7, 11) is 0. The highest BCUT2D eigenvalue weighted by molar-refractivity contribution is 7.14. The lowest BCUT2D eigenvalue weighted by Gasteiger charge is -1.89. The van der Waals surface area contributed by atoms with Crippen LogP contribution in [0, 0.1) is 0 Å². The number of hydrogen-bond acceptors (Lipinski definition) is 5. The van der Waals surface area contributed by atoms with E-state index in [-0.39, 0.29) is 0 Å². The highest BCUT2D eigenvalue weighted by Crippen LogP contribution is 2.31. The first-order valence-electron chi connectivity index (χ1n) is 4.57. The van der Waals surface area contributed by atoms with E-state index in [0.29, 0.717) is 23.3 Å². The van der Waals surface area contributed by atoms with Gasteiger partial charge in [-0.3, -0.25) is 0 Å². The van der Waals surface area contributed by atoms with Crippen LogP contribution in [0.1, 0.15) is 12.2 Å². The summed E-state index contributed by atoms with van der Waals surface area (Å²) in [6.45, 7) is 0.629. The smallest absolute Gasteiger partial charge is 0.269 e. The number of thiophene rings is 1. The SMILES string of the molecule is NCCCc1noc(-c2sccc2Cl)n1. The molecule has 0 bridgehead atoms. The Kier molecular flexibility index (Phi) is 3.35. The molecule has 0 fully saturated rings. The predicted molar refractivity (Wildman–Crippen MR) is 60.0 cm³/mol. The van der Waals surface area contributed by atoms with Crippen LogP contribution in [0.25, 0.3) is 10.8 Å². The molecule has 80 valence electrons. The van der Waals surface area contributed by atoms with E-state index in [2.05, 4.69) is 10.1 Å². The molecule has 4 nitrogen and oxygen atoms in total. The molecule has 0 aliphatic carbocycles. The zero-order chi connectivity index (χ0) is 10.7. The second-order valence-corrected chi connectivity index (χ2v) is 4.33. The molecule has 2 rings (SSSR count). The predicted octanol–water partition coefficient (Wildman–Crippen LogP) is 2.34. The number of aromatic nitrogens is 2. The molecular formula is C9H10ClN3OS. The average molecular weight is 244 g/mol. The van der Waals surface area contributed by atoms with Gasteiger partial charge >= 0.3 is 0 Å². The van der Waals surface area contributed by atoms with Crippen LogP contribution in [0.15, 0.2) is 16.0 Å². The van der Waals surface area contributed by atoms with E-state index in [1.54, 1.807) is 0 Å². The van der Waals surface area contributed by atoms with Crippen molar-refractivity contribution in [2.75, 3.05) is 6.54 Å². The zero-order valence-corrected chi connectivity index (χ0v) is 9.51. The molecule has 2 N–H and O–H groups in total. The van der Waals surface area contributed by atoms with Crippen LogP contribution >= 0.6 is 22.9 Å². The van der Waals surface area contributed by atoms with E-state index in [1.165, 1.54) is 11.3 Å². The van der Waals surface area contributed by atoms with Crippen LogP contribution in [-0.4, -0.2) is 16.7 Å². The normalized spacial score (nSPS) is 10.8. The van der Waals surface area contributed by atoms with Gasteiger partial charge in [0.25, 0.3) is 5.89 Å². The van der Waals surface area contributed by atoms with Gasteiger partial charge in [-0.2, -0.15) is 4.98 Å². The first-order valence-corrected chi connectivity index (χ1v) is 5.83. The molecule has 2 heterocycles. The van der Waals surface area contributed by atoms with Crippen molar-refractivity contribution in [1.29, 1.82) is 0 Å². The fraction of sp³-hybridized carbons (Fsp3) is 0.333. The van der Waals surface area contributed by atoms with Gasteiger partial charge < -0.3 is 10.3 Å². The Balaban J connectivity index is 2.17. The number of nitrogens with zero attached hydrogens (tertiary/aromatic N) is 2. The molecule has 0 aliphatic heterocycles. The van der Waals surface area contributed by atoms with Crippen molar-refractivity contribution in [3.63, 3.8) is 0 Å². The van der Waals surface area contributed by atoms with E-state index in [9.17, 15) is 0 Å². The summed E-state index contributed by atoms with van der Waals surface area (Å²) in [4.78, 5) is 5.07. The fourth-order valence-corrected chi connectivity index (χ4v) is 2.21. The third-order valence-electron chi connectivity index (χ3n) is 1.88. The van der Waals surface area contributed by atoms with Crippen molar-refractivity contribution in [1.82, 2.24) is 10.1 Å². The minimum absolute atomic E-state index is 0.488. The van der Waals surface area contributed by atoms with Crippen molar-refractivity contribution in [2.45, 2.75) is 12.8 Å². The van der Waals surface area contributed by atoms with Crippen molar-refractivity contribution in [3.05, 3.63) is 22.3 Å². The van der Waals surface area contributed by atoms with Gasteiger partial charge in [0.05, 0.1) is 5.02 Å². The Bertz CT molecular complexity index is 440. The van der Waals surface area contributed by atoms with E-state index >= 15 is 0 Å². The molecule has 0 saturated carbocycles. The number of aryl methyl sites for hydroxylation is 1. The number of rotatable bonds is 4. The minimum Gasteiger partial charge on any atom is -0.333 e. The summed E-state index contributed by atoms with van der Waals surface area (Å²) < 4.78 is 5.11.